The van der Waals surface area contributed by atoms with E-state index in [1.54, 1.807) is 0 Å². The van der Waals surface area contributed by atoms with Crippen LogP contribution in [0.3, 0.4) is 0 Å². The fourth-order valence-corrected chi connectivity index (χ4v) is 3.33. The molecule has 0 amide bonds. The Labute approximate surface area is 185 Å². The van der Waals surface area contributed by atoms with Gasteiger partial charge in [0.25, 0.3) is 0 Å². The number of carbonyl (C=O) groups excluding carboxylic acids is 1. The first kappa shape index (κ1) is 28.8. The molecule has 176 valence electrons. The van der Waals surface area contributed by atoms with Gasteiger partial charge in [0.15, 0.2) is 0 Å². The summed E-state index contributed by atoms with van der Waals surface area (Å²) in [7, 11) is 6.00. The number of aliphatic carboxylic acids is 1. The smallest absolute Gasteiger partial charge is 0.112 e. The Hall–Kier alpha value is -1.17. The predicted octanol–water partition coefficient (Wildman–Crippen LogP) is 4.00. The van der Waals surface area contributed by atoms with Crippen LogP contribution in [0.5, 0.6) is 0 Å². The van der Waals surface area contributed by atoms with E-state index in [1.165, 1.54) is 25.7 Å². The number of aliphatic hydroxyl groups is 1. The van der Waals surface area contributed by atoms with E-state index in [4.69, 9.17) is 4.74 Å². The van der Waals surface area contributed by atoms with Gasteiger partial charge in [-0.15, -0.1) is 0 Å². The number of carboxylic acid groups (broad SMARTS) is 1. The lowest BCUT2D eigenvalue weighted by Gasteiger charge is -2.29. The summed E-state index contributed by atoms with van der Waals surface area (Å²) in [6.45, 7) is 3.22. The van der Waals surface area contributed by atoms with Crippen molar-refractivity contribution >= 4 is 5.97 Å². The van der Waals surface area contributed by atoms with Gasteiger partial charge in [-0.3, -0.25) is 0 Å². The van der Waals surface area contributed by atoms with E-state index in [0.29, 0.717) is 24.1 Å². The van der Waals surface area contributed by atoms with E-state index in [0.717, 1.165) is 38.5 Å². The summed E-state index contributed by atoms with van der Waals surface area (Å²) in [5, 5.41) is 21.0. The molecule has 0 aromatic heterocycles. The lowest BCUT2D eigenvalue weighted by atomic mass is 10.1. The Morgan fingerprint density at radius 2 is 1.60 bits per heavy atom. The van der Waals surface area contributed by atoms with Gasteiger partial charge >= 0.3 is 0 Å². The van der Waals surface area contributed by atoms with Gasteiger partial charge in [-0.25, -0.2) is 0 Å². The monoisotopic (exact) mass is 425 g/mol. The molecule has 0 rings (SSSR count). The molecule has 1 N–H and O–H groups in total. The van der Waals surface area contributed by atoms with Crippen LogP contribution in [0.2, 0.25) is 0 Å². The Kier molecular flexibility index (Phi) is 17.9. The van der Waals surface area contributed by atoms with Crippen LogP contribution in [0.25, 0.3) is 0 Å². The fourth-order valence-electron chi connectivity index (χ4n) is 3.33. The second-order valence-corrected chi connectivity index (χ2v) is 9.30. The van der Waals surface area contributed by atoms with Crippen LogP contribution in [-0.2, 0) is 9.53 Å². The van der Waals surface area contributed by atoms with E-state index in [2.05, 4.69) is 31.2 Å². The Bertz CT molecular complexity index is 468. The highest BCUT2D eigenvalue weighted by atomic mass is 16.5. The lowest BCUT2D eigenvalue weighted by molar-refractivity contribution is -0.873. The molecule has 0 radical (unpaired) electrons. The molecule has 0 aliphatic carbocycles. The quantitative estimate of drug-likeness (QED) is 0.182. The third-order valence-corrected chi connectivity index (χ3v) is 4.94. The molecule has 5 nitrogen and oxygen atoms in total. The Balaban J connectivity index is 3.71. The standard InChI is InChI=1S/C25H47NO4/c1-5-6-7-8-9-10-11-12-13-14-15-16-17-18-23(27)19-20-30-24(21-25(28)29)22-26(2,3)4/h9-10,12-13,23-24,27H,5-8,11,14-22H2,1-4H3/b10-9-,13-12-. The molecular formula is C25H47NO4. The molecule has 0 heterocycles. The van der Waals surface area contributed by atoms with Crippen molar-refractivity contribution in [2.24, 2.45) is 0 Å². The second-order valence-electron chi connectivity index (χ2n) is 9.30. The van der Waals surface area contributed by atoms with E-state index >= 15 is 0 Å². The maximum atomic E-state index is 10.9. The zero-order valence-corrected chi connectivity index (χ0v) is 20.0. The van der Waals surface area contributed by atoms with E-state index in [9.17, 15) is 15.0 Å². The van der Waals surface area contributed by atoms with Crippen LogP contribution in [0.15, 0.2) is 24.3 Å². The topological polar surface area (TPSA) is 69.6 Å². The van der Waals surface area contributed by atoms with Crippen LogP contribution in [0.1, 0.15) is 84.0 Å². The first-order chi connectivity index (χ1) is 14.2. The fraction of sp³-hybridized carbons (Fsp3) is 0.800. The van der Waals surface area contributed by atoms with Crippen molar-refractivity contribution in [2.75, 3.05) is 34.3 Å². The van der Waals surface area contributed by atoms with Gasteiger partial charge in [0.05, 0.1) is 27.2 Å². The molecule has 0 saturated heterocycles. The molecular weight excluding hydrogens is 378 g/mol. The molecule has 0 fully saturated rings. The summed E-state index contributed by atoms with van der Waals surface area (Å²) in [5.74, 6) is -1.09. The number of hydrogen-bond donors (Lipinski definition) is 1. The normalized spacial score (nSPS) is 14.6. The van der Waals surface area contributed by atoms with Gasteiger partial charge in [-0.1, -0.05) is 56.9 Å². The van der Waals surface area contributed by atoms with Gasteiger partial charge in [-0.05, 0) is 44.9 Å². The molecule has 0 aromatic rings. The molecule has 0 aliphatic heterocycles. The minimum Gasteiger partial charge on any atom is -0.550 e. The highest BCUT2D eigenvalue weighted by Crippen LogP contribution is 2.11. The third-order valence-electron chi connectivity index (χ3n) is 4.94. The largest absolute Gasteiger partial charge is 0.550 e. The van der Waals surface area contributed by atoms with Crippen molar-refractivity contribution in [3.8, 4) is 0 Å². The van der Waals surface area contributed by atoms with Gasteiger partial charge in [0.2, 0.25) is 0 Å². The molecule has 0 saturated carbocycles. The minimum absolute atomic E-state index is 0.103. The first-order valence-electron chi connectivity index (χ1n) is 11.8. The van der Waals surface area contributed by atoms with Gasteiger partial charge in [0.1, 0.15) is 12.6 Å². The van der Waals surface area contributed by atoms with E-state index in [1.807, 2.05) is 21.1 Å². The number of quaternary nitrogens is 1. The Morgan fingerprint density at radius 1 is 0.967 bits per heavy atom. The van der Waals surface area contributed by atoms with Crippen molar-refractivity contribution in [3.05, 3.63) is 24.3 Å². The molecule has 30 heavy (non-hydrogen) atoms. The SMILES string of the molecule is CCCCC/C=C\C/C=C\CCCCCC(O)CCOC(CC(=O)[O-])C[N+](C)(C)C. The van der Waals surface area contributed by atoms with E-state index in [-0.39, 0.29) is 18.6 Å². The summed E-state index contributed by atoms with van der Waals surface area (Å²) in [5.41, 5.74) is 0. The van der Waals surface area contributed by atoms with Crippen LogP contribution in [-0.4, -0.2) is 62.1 Å². The average molecular weight is 426 g/mol. The summed E-state index contributed by atoms with van der Waals surface area (Å²) in [6.07, 6.45) is 20.0. The number of carbonyl (C=O) groups is 1. The highest BCUT2D eigenvalue weighted by molar-refractivity contribution is 5.64. The third kappa shape index (κ3) is 21.5. The molecule has 0 aliphatic rings. The molecule has 2 atom stereocenters. The molecule has 0 spiro atoms. The average Bonchev–Trinajstić information content (AvgIpc) is 2.63. The van der Waals surface area contributed by atoms with Crippen LogP contribution in [0, 0.1) is 0 Å². The molecule has 2 unspecified atom stereocenters. The minimum atomic E-state index is -1.09. The number of unbranched alkanes of at least 4 members (excludes halogenated alkanes) is 6. The molecule has 0 aromatic carbocycles. The number of nitrogens with zero attached hydrogens (tertiary/aromatic N) is 1. The summed E-state index contributed by atoms with van der Waals surface area (Å²) in [6, 6.07) is 0. The maximum Gasteiger partial charge on any atom is 0.112 e. The molecule has 5 heteroatoms. The lowest BCUT2D eigenvalue weighted by Crippen LogP contribution is -2.44. The van der Waals surface area contributed by atoms with Crippen molar-refractivity contribution in [2.45, 2.75) is 96.2 Å². The van der Waals surface area contributed by atoms with Gasteiger partial charge in [0, 0.05) is 19.0 Å². The summed E-state index contributed by atoms with van der Waals surface area (Å²) in [4.78, 5) is 10.9. The van der Waals surface area contributed by atoms with Crippen molar-refractivity contribution in [1.29, 1.82) is 0 Å². The van der Waals surface area contributed by atoms with Crippen molar-refractivity contribution in [1.82, 2.24) is 0 Å². The maximum absolute atomic E-state index is 10.9. The van der Waals surface area contributed by atoms with Crippen LogP contribution in [0.4, 0.5) is 0 Å². The van der Waals surface area contributed by atoms with Crippen LogP contribution >= 0.6 is 0 Å². The zero-order chi connectivity index (χ0) is 22.7. The number of likely N-dealkylation sites (N-methyl/N-ethyl adjacent to an activating group) is 1. The number of allylic oxidation sites excluding steroid dienone is 4. The van der Waals surface area contributed by atoms with Crippen molar-refractivity contribution in [3.63, 3.8) is 0 Å². The summed E-state index contributed by atoms with van der Waals surface area (Å²) >= 11 is 0. The number of aliphatic hydroxyl groups excluding tert-OH is 1. The van der Waals surface area contributed by atoms with Gasteiger partial charge in [-0.2, -0.15) is 0 Å². The predicted molar refractivity (Wildman–Crippen MR) is 123 cm³/mol. The first-order valence-corrected chi connectivity index (χ1v) is 11.8. The molecule has 0 bridgehead atoms. The highest BCUT2D eigenvalue weighted by Gasteiger charge is 2.19. The number of ether oxygens (including phenoxy) is 1. The van der Waals surface area contributed by atoms with Crippen LogP contribution < -0.4 is 5.11 Å². The van der Waals surface area contributed by atoms with Gasteiger partial charge < -0.3 is 24.2 Å². The van der Waals surface area contributed by atoms with Crippen molar-refractivity contribution < 1.29 is 24.2 Å². The Morgan fingerprint density at radius 3 is 2.17 bits per heavy atom. The number of hydrogen-bond acceptors (Lipinski definition) is 4. The number of carboxylic acids is 1. The zero-order valence-electron chi connectivity index (χ0n) is 20.0. The number of rotatable bonds is 20. The second kappa shape index (κ2) is 18.6. The van der Waals surface area contributed by atoms with E-state index < -0.39 is 5.97 Å². The summed E-state index contributed by atoms with van der Waals surface area (Å²) < 4.78 is 6.34.